The minimum Gasteiger partial charge on any atom is -0.490 e. The fourth-order valence-corrected chi connectivity index (χ4v) is 2.12. The Morgan fingerprint density at radius 1 is 1.39 bits per heavy atom. The summed E-state index contributed by atoms with van der Waals surface area (Å²) in [7, 11) is 1.88. The number of ether oxygens (including phenoxy) is 2. The van der Waals surface area contributed by atoms with Crippen molar-refractivity contribution in [3.8, 4) is 11.5 Å². The summed E-state index contributed by atoms with van der Waals surface area (Å²) in [4.78, 5) is 0. The quantitative estimate of drug-likeness (QED) is 0.803. The molecule has 1 aromatic heterocycles. The summed E-state index contributed by atoms with van der Waals surface area (Å²) in [5.41, 5.74) is 0. The van der Waals surface area contributed by atoms with Crippen LogP contribution in [-0.4, -0.2) is 21.4 Å². The first-order valence-electron chi connectivity index (χ1n) is 5.75. The Morgan fingerprint density at radius 3 is 2.89 bits per heavy atom. The lowest BCUT2D eigenvalue weighted by Crippen LogP contribution is -2.13. The number of hydrogen-bond donors (Lipinski definition) is 1. The van der Waals surface area contributed by atoms with Gasteiger partial charge in [-0.2, -0.15) is 5.10 Å². The van der Waals surface area contributed by atoms with Crippen molar-refractivity contribution < 1.29 is 9.47 Å². The average Bonchev–Trinajstić information content (AvgIpc) is 2.62. The van der Waals surface area contributed by atoms with Crippen LogP contribution in [-0.2, 0) is 7.05 Å². The predicted molar refractivity (Wildman–Crippen MR) is 68.3 cm³/mol. The molecule has 1 atom stereocenters. The molecule has 0 spiro atoms. The number of rotatable bonds is 1. The van der Waals surface area contributed by atoms with Crippen LogP contribution in [0.5, 0.6) is 11.5 Å². The van der Waals surface area contributed by atoms with Crippen molar-refractivity contribution >= 4 is 12.2 Å². The Labute approximate surface area is 109 Å². The van der Waals surface area contributed by atoms with Gasteiger partial charge >= 0.3 is 0 Å². The van der Waals surface area contributed by atoms with Gasteiger partial charge in [-0.3, -0.25) is 5.10 Å². The Bertz CT molecular complexity index is 620. The van der Waals surface area contributed by atoms with E-state index in [9.17, 15) is 0 Å². The minimum atomic E-state index is -0.147. The number of nitrogens with one attached hydrogen (secondary N) is 1. The molecular formula is C12H13N3O2S. The topological polar surface area (TPSA) is 52.1 Å². The highest BCUT2D eigenvalue weighted by Crippen LogP contribution is 2.34. The summed E-state index contributed by atoms with van der Waals surface area (Å²) >= 11 is 5.11. The maximum atomic E-state index is 5.96. The summed E-state index contributed by atoms with van der Waals surface area (Å²) in [6.07, 6.45) is 0.592. The number of para-hydroxylation sites is 2. The lowest BCUT2D eigenvalue weighted by atomic mass is 10.2. The number of H-pyrrole nitrogens is 1. The standard InChI is InChI=1S/C12H13N3O2S/c1-15-11(13-14-12(15)18)10-6-7-16-8-4-2-3-5-9(8)17-10/h2-5,10H,6-7H2,1H3,(H,14,18). The maximum absolute atomic E-state index is 5.96. The van der Waals surface area contributed by atoms with E-state index < -0.39 is 0 Å². The molecule has 1 aliphatic rings. The highest BCUT2D eigenvalue weighted by Gasteiger charge is 2.23. The molecule has 1 aromatic carbocycles. The van der Waals surface area contributed by atoms with Gasteiger partial charge in [-0.25, -0.2) is 0 Å². The third-order valence-corrected chi connectivity index (χ3v) is 3.32. The van der Waals surface area contributed by atoms with Gasteiger partial charge in [0.05, 0.1) is 6.61 Å². The van der Waals surface area contributed by atoms with E-state index in [0.29, 0.717) is 11.4 Å². The highest BCUT2D eigenvalue weighted by molar-refractivity contribution is 7.71. The summed E-state index contributed by atoms with van der Waals surface area (Å²) in [6.45, 7) is 0.599. The minimum absolute atomic E-state index is 0.147. The van der Waals surface area contributed by atoms with Gasteiger partial charge < -0.3 is 14.0 Å². The van der Waals surface area contributed by atoms with E-state index in [4.69, 9.17) is 21.7 Å². The van der Waals surface area contributed by atoms with Gasteiger partial charge in [0.25, 0.3) is 0 Å². The molecule has 0 aliphatic carbocycles. The van der Waals surface area contributed by atoms with Crippen LogP contribution < -0.4 is 9.47 Å². The average molecular weight is 263 g/mol. The van der Waals surface area contributed by atoms with E-state index in [1.54, 1.807) is 0 Å². The van der Waals surface area contributed by atoms with Gasteiger partial charge in [-0.15, -0.1) is 0 Å². The first-order valence-corrected chi connectivity index (χ1v) is 6.16. The van der Waals surface area contributed by atoms with Crippen LogP contribution in [0.1, 0.15) is 18.3 Å². The fraction of sp³-hybridized carbons (Fsp3) is 0.333. The molecule has 94 valence electrons. The van der Waals surface area contributed by atoms with E-state index in [2.05, 4.69) is 10.2 Å². The maximum Gasteiger partial charge on any atom is 0.195 e. The molecular weight excluding hydrogens is 250 g/mol. The molecule has 0 fully saturated rings. The third-order valence-electron chi connectivity index (χ3n) is 2.96. The fourth-order valence-electron chi connectivity index (χ4n) is 1.98. The molecule has 3 rings (SSSR count). The SMILES string of the molecule is Cn1c(C2CCOc3ccccc3O2)n[nH]c1=S. The molecule has 1 unspecified atom stereocenters. The van der Waals surface area contributed by atoms with E-state index in [-0.39, 0.29) is 6.10 Å². The molecule has 2 heterocycles. The number of fused-ring (bicyclic) bond motifs is 1. The summed E-state index contributed by atoms with van der Waals surface area (Å²) in [6, 6.07) is 7.65. The number of aromatic nitrogens is 3. The lowest BCUT2D eigenvalue weighted by molar-refractivity contribution is 0.181. The van der Waals surface area contributed by atoms with Crippen LogP contribution in [0.2, 0.25) is 0 Å². The Kier molecular flexibility index (Phi) is 2.79. The van der Waals surface area contributed by atoms with E-state index in [1.165, 1.54) is 0 Å². The van der Waals surface area contributed by atoms with Crippen LogP contribution in [0.25, 0.3) is 0 Å². The van der Waals surface area contributed by atoms with Crippen LogP contribution in [0.4, 0.5) is 0 Å². The number of nitrogens with zero attached hydrogens (tertiary/aromatic N) is 2. The Hall–Kier alpha value is -1.82. The molecule has 0 bridgehead atoms. The molecule has 1 aliphatic heterocycles. The summed E-state index contributed by atoms with van der Waals surface area (Å²) < 4.78 is 14.0. The van der Waals surface area contributed by atoms with Crippen molar-refractivity contribution in [1.29, 1.82) is 0 Å². The van der Waals surface area contributed by atoms with Gasteiger partial charge in [0.2, 0.25) is 0 Å². The Balaban J connectivity index is 1.96. The van der Waals surface area contributed by atoms with Gasteiger partial charge in [0.15, 0.2) is 28.2 Å². The van der Waals surface area contributed by atoms with Gasteiger partial charge in [-0.05, 0) is 24.4 Å². The summed E-state index contributed by atoms with van der Waals surface area (Å²) in [5, 5.41) is 6.99. The molecule has 5 nitrogen and oxygen atoms in total. The first-order chi connectivity index (χ1) is 8.75. The second kappa shape index (κ2) is 4.45. The largest absolute Gasteiger partial charge is 0.490 e. The van der Waals surface area contributed by atoms with Gasteiger partial charge in [0, 0.05) is 13.5 Å². The molecule has 0 saturated heterocycles. The van der Waals surface area contributed by atoms with Crippen molar-refractivity contribution in [3.05, 3.63) is 34.9 Å². The van der Waals surface area contributed by atoms with Crippen LogP contribution in [0.3, 0.4) is 0 Å². The molecule has 18 heavy (non-hydrogen) atoms. The molecule has 0 radical (unpaired) electrons. The van der Waals surface area contributed by atoms with Crippen LogP contribution >= 0.6 is 12.2 Å². The van der Waals surface area contributed by atoms with E-state index in [1.807, 2.05) is 35.9 Å². The Morgan fingerprint density at radius 2 is 2.17 bits per heavy atom. The molecule has 0 saturated carbocycles. The first kappa shape index (κ1) is 11.3. The van der Waals surface area contributed by atoms with Crippen molar-refractivity contribution in [2.75, 3.05) is 6.61 Å². The summed E-state index contributed by atoms with van der Waals surface area (Å²) in [5.74, 6) is 2.31. The zero-order valence-corrected chi connectivity index (χ0v) is 10.7. The zero-order chi connectivity index (χ0) is 12.5. The third kappa shape index (κ3) is 1.88. The normalized spacial score (nSPS) is 18.4. The van der Waals surface area contributed by atoms with Crippen LogP contribution in [0.15, 0.2) is 24.3 Å². The smallest absolute Gasteiger partial charge is 0.195 e. The molecule has 0 amide bonds. The monoisotopic (exact) mass is 263 g/mol. The molecule has 2 aromatic rings. The number of benzene rings is 1. The highest BCUT2D eigenvalue weighted by atomic mass is 32.1. The van der Waals surface area contributed by atoms with E-state index >= 15 is 0 Å². The van der Waals surface area contributed by atoms with Crippen molar-refractivity contribution in [1.82, 2.24) is 14.8 Å². The number of aromatic amines is 1. The van der Waals surface area contributed by atoms with Gasteiger partial charge in [-0.1, -0.05) is 12.1 Å². The van der Waals surface area contributed by atoms with Crippen molar-refractivity contribution in [3.63, 3.8) is 0 Å². The second-order valence-electron chi connectivity index (χ2n) is 4.14. The van der Waals surface area contributed by atoms with Gasteiger partial charge in [0.1, 0.15) is 0 Å². The van der Waals surface area contributed by atoms with Crippen LogP contribution in [0, 0.1) is 4.77 Å². The van der Waals surface area contributed by atoms with Crippen molar-refractivity contribution in [2.24, 2.45) is 7.05 Å². The van der Waals surface area contributed by atoms with E-state index in [0.717, 1.165) is 23.7 Å². The number of hydrogen-bond acceptors (Lipinski definition) is 4. The molecule has 6 heteroatoms. The van der Waals surface area contributed by atoms with Crippen molar-refractivity contribution in [2.45, 2.75) is 12.5 Å². The zero-order valence-electron chi connectivity index (χ0n) is 9.92. The lowest BCUT2D eigenvalue weighted by Gasteiger charge is -2.14. The second-order valence-corrected chi connectivity index (χ2v) is 4.52. The molecule has 1 N–H and O–H groups in total. The predicted octanol–water partition coefficient (Wildman–Crippen LogP) is 2.38.